The van der Waals surface area contributed by atoms with Crippen molar-refractivity contribution in [1.29, 1.82) is 0 Å². The quantitative estimate of drug-likeness (QED) is 0.819. The van der Waals surface area contributed by atoms with Crippen LogP contribution in [0.2, 0.25) is 5.02 Å². The van der Waals surface area contributed by atoms with Crippen LogP contribution in [0.1, 0.15) is 24.2 Å². The molecule has 2 aromatic carbocycles. The Bertz CT molecular complexity index is 651. The number of carbonyl (C=O) groups is 1. The molecule has 0 aliphatic rings. The zero-order chi connectivity index (χ0) is 16.1. The Morgan fingerprint density at radius 2 is 1.77 bits per heavy atom. The lowest BCUT2D eigenvalue weighted by Gasteiger charge is -2.21. The maximum absolute atomic E-state index is 12.2. The fraction of sp³-hybridized carbons (Fsp3) is 0.235. The first-order chi connectivity index (χ1) is 10.5. The Balaban J connectivity index is 2.12. The minimum absolute atomic E-state index is 0.249. The third-order valence-corrected chi connectivity index (χ3v) is 3.80. The lowest BCUT2D eigenvalue weighted by molar-refractivity contribution is 0.102. The highest BCUT2D eigenvalue weighted by atomic mass is 35.5. The number of nitrogens with two attached hydrogens (primary N) is 1. The number of nitrogen functional groups attached to an aromatic ring is 1. The standard InChI is InChI=1S/C17H20ClN3O/c1-3-21(4-2)14-8-6-13(7-9-14)20-17(22)15-10-5-12(19)11-16(15)18/h5-11H,3-4,19H2,1-2H3,(H,20,22). The van der Waals surface area contributed by atoms with Gasteiger partial charge in [-0.25, -0.2) is 0 Å². The van der Waals surface area contributed by atoms with Gasteiger partial charge < -0.3 is 16.0 Å². The van der Waals surface area contributed by atoms with Gasteiger partial charge in [0.2, 0.25) is 0 Å². The van der Waals surface area contributed by atoms with Crippen molar-refractivity contribution in [3.63, 3.8) is 0 Å². The van der Waals surface area contributed by atoms with Gasteiger partial charge in [-0.05, 0) is 56.3 Å². The normalized spacial score (nSPS) is 10.3. The summed E-state index contributed by atoms with van der Waals surface area (Å²) in [4.78, 5) is 14.5. The van der Waals surface area contributed by atoms with Crippen LogP contribution in [-0.4, -0.2) is 19.0 Å². The second-order valence-corrected chi connectivity index (χ2v) is 5.32. The van der Waals surface area contributed by atoms with E-state index in [-0.39, 0.29) is 5.91 Å². The van der Waals surface area contributed by atoms with Gasteiger partial charge in [0.15, 0.2) is 0 Å². The monoisotopic (exact) mass is 317 g/mol. The van der Waals surface area contributed by atoms with Gasteiger partial charge in [-0.2, -0.15) is 0 Å². The van der Waals surface area contributed by atoms with Gasteiger partial charge in [0.1, 0.15) is 0 Å². The fourth-order valence-corrected chi connectivity index (χ4v) is 2.53. The summed E-state index contributed by atoms with van der Waals surface area (Å²) in [5, 5.41) is 3.18. The molecule has 0 bridgehead atoms. The predicted octanol–water partition coefficient (Wildman–Crippen LogP) is 4.02. The van der Waals surface area contributed by atoms with E-state index in [1.54, 1.807) is 18.2 Å². The van der Waals surface area contributed by atoms with E-state index in [2.05, 4.69) is 24.1 Å². The Morgan fingerprint density at radius 1 is 1.14 bits per heavy atom. The van der Waals surface area contributed by atoms with Crippen molar-refractivity contribution in [2.75, 3.05) is 29.0 Å². The lowest BCUT2D eigenvalue weighted by atomic mass is 10.2. The van der Waals surface area contributed by atoms with E-state index in [9.17, 15) is 4.79 Å². The molecule has 5 heteroatoms. The molecule has 2 aromatic rings. The zero-order valence-corrected chi connectivity index (χ0v) is 13.5. The number of rotatable bonds is 5. The van der Waals surface area contributed by atoms with E-state index >= 15 is 0 Å². The summed E-state index contributed by atoms with van der Waals surface area (Å²) >= 11 is 6.05. The first-order valence-corrected chi connectivity index (χ1v) is 7.64. The zero-order valence-electron chi connectivity index (χ0n) is 12.8. The number of benzene rings is 2. The van der Waals surface area contributed by atoms with Crippen LogP contribution in [0.3, 0.4) is 0 Å². The fourth-order valence-electron chi connectivity index (χ4n) is 2.26. The number of nitrogens with zero attached hydrogens (tertiary/aromatic N) is 1. The third-order valence-electron chi connectivity index (χ3n) is 3.49. The van der Waals surface area contributed by atoms with Crippen LogP contribution in [0.5, 0.6) is 0 Å². The molecule has 0 unspecified atom stereocenters. The number of hydrogen-bond acceptors (Lipinski definition) is 3. The van der Waals surface area contributed by atoms with Gasteiger partial charge >= 0.3 is 0 Å². The lowest BCUT2D eigenvalue weighted by Crippen LogP contribution is -2.21. The van der Waals surface area contributed by atoms with Gasteiger partial charge in [0, 0.05) is 30.2 Å². The van der Waals surface area contributed by atoms with Crippen LogP contribution < -0.4 is 16.0 Å². The molecule has 0 aliphatic heterocycles. The van der Waals surface area contributed by atoms with Crippen LogP contribution >= 0.6 is 11.6 Å². The van der Waals surface area contributed by atoms with E-state index in [1.807, 2.05) is 24.3 Å². The van der Waals surface area contributed by atoms with Gasteiger partial charge in [-0.3, -0.25) is 4.79 Å². The molecule has 116 valence electrons. The molecule has 4 nitrogen and oxygen atoms in total. The van der Waals surface area contributed by atoms with Crippen molar-refractivity contribution in [2.24, 2.45) is 0 Å². The third kappa shape index (κ3) is 3.71. The van der Waals surface area contributed by atoms with Gasteiger partial charge in [-0.15, -0.1) is 0 Å². The first-order valence-electron chi connectivity index (χ1n) is 7.26. The second-order valence-electron chi connectivity index (χ2n) is 4.91. The maximum Gasteiger partial charge on any atom is 0.257 e. The summed E-state index contributed by atoms with van der Waals surface area (Å²) in [7, 11) is 0. The van der Waals surface area contributed by atoms with Crippen molar-refractivity contribution >= 4 is 34.6 Å². The summed E-state index contributed by atoms with van der Waals surface area (Å²) < 4.78 is 0. The Labute approximate surface area is 135 Å². The van der Waals surface area contributed by atoms with Crippen molar-refractivity contribution in [3.8, 4) is 0 Å². The number of anilines is 3. The highest BCUT2D eigenvalue weighted by molar-refractivity contribution is 6.34. The Kier molecular flexibility index (Phi) is 5.28. The SMILES string of the molecule is CCN(CC)c1ccc(NC(=O)c2ccc(N)cc2Cl)cc1. The molecular formula is C17H20ClN3O. The van der Waals surface area contributed by atoms with Crippen LogP contribution in [0.4, 0.5) is 17.1 Å². The molecule has 22 heavy (non-hydrogen) atoms. The molecule has 2 rings (SSSR count). The summed E-state index contributed by atoms with van der Waals surface area (Å²) in [6.45, 7) is 6.12. The van der Waals surface area contributed by atoms with E-state index in [0.29, 0.717) is 16.3 Å². The van der Waals surface area contributed by atoms with Crippen LogP contribution in [0.25, 0.3) is 0 Å². The Morgan fingerprint density at radius 3 is 2.32 bits per heavy atom. The molecule has 3 N–H and O–H groups in total. The predicted molar refractivity (Wildman–Crippen MR) is 93.8 cm³/mol. The molecule has 0 atom stereocenters. The molecule has 0 aromatic heterocycles. The molecule has 0 spiro atoms. The average molecular weight is 318 g/mol. The van der Waals surface area contributed by atoms with Crippen molar-refractivity contribution in [3.05, 3.63) is 53.1 Å². The van der Waals surface area contributed by atoms with Crippen molar-refractivity contribution < 1.29 is 4.79 Å². The summed E-state index contributed by atoms with van der Waals surface area (Å²) in [6.07, 6.45) is 0. The molecule has 0 saturated carbocycles. The van der Waals surface area contributed by atoms with E-state index in [4.69, 9.17) is 17.3 Å². The maximum atomic E-state index is 12.2. The molecule has 0 radical (unpaired) electrons. The van der Waals surface area contributed by atoms with Gasteiger partial charge in [0.05, 0.1) is 10.6 Å². The molecule has 1 amide bonds. The Hall–Kier alpha value is -2.20. The van der Waals surface area contributed by atoms with Gasteiger partial charge in [0.25, 0.3) is 5.91 Å². The largest absolute Gasteiger partial charge is 0.399 e. The van der Waals surface area contributed by atoms with Crippen molar-refractivity contribution in [2.45, 2.75) is 13.8 Å². The topological polar surface area (TPSA) is 58.4 Å². The second kappa shape index (κ2) is 7.18. The molecular weight excluding hydrogens is 298 g/mol. The number of halogens is 1. The smallest absolute Gasteiger partial charge is 0.257 e. The number of carbonyl (C=O) groups excluding carboxylic acids is 1. The van der Waals surface area contributed by atoms with E-state index in [1.165, 1.54) is 0 Å². The number of nitrogens with one attached hydrogen (secondary N) is 1. The number of hydrogen-bond donors (Lipinski definition) is 2. The van der Waals surface area contributed by atoms with Gasteiger partial charge in [-0.1, -0.05) is 11.6 Å². The van der Waals surface area contributed by atoms with Crippen LogP contribution in [0.15, 0.2) is 42.5 Å². The molecule has 0 aliphatic carbocycles. The summed E-state index contributed by atoms with van der Waals surface area (Å²) in [5.41, 5.74) is 8.43. The minimum Gasteiger partial charge on any atom is -0.399 e. The minimum atomic E-state index is -0.249. The summed E-state index contributed by atoms with van der Waals surface area (Å²) in [5.74, 6) is -0.249. The molecule has 0 saturated heterocycles. The average Bonchev–Trinajstić information content (AvgIpc) is 2.50. The molecule has 0 heterocycles. The highest BCUT2D eigenvalue weighted by Crippen LogP contribution is 2.22. The molecule has 0 fully saturated rings. The first kappa shape index (κ1) is 16.2. The van der Waals surface area contributed by atoms with E-state index < -0.39 is 0 Å². The summed E-state index contributed by atoms with van der Waals surface area (Å²) in [6, 6.07) is 12.6. The van der Waals surface area contributed by atoms with Crippen LogP contribution in [-0.2, 0) is 0 Å². The van der Waals surface area contributed by atoms with E-state index in [0.717, 1.165) is 24.5 Å². The van der Waals surface area contributed by atoms with Crippen molar-refractivity contribution in [1.82, 2.24) is 0 Å². The number of amides is 1. The highest BCUT2D eigenvalue weighted by Gasteiger charge is 2.11. The van der Waals surface area contributed by atoms with Crippen LogP contribution in [0, 0.1) is 0 Å².